The zero-order chi connectivity index (χ0) is 15.7. The predicted molar refractivity (Wildman–Crippen MR) is 86.5 cm³/mol. The standard InChI is InChI=1S/C17H19ClN4/c1-12-16(17(18)21(2)20-12)15-4-3-9-22(15)11-14-7-5-13(10-19)6-8-14/h5-8,15H,3-4,9,11H2,1-2H3/t15-/m0/s1. The number of aryl methyl sites for hydroxylation is 2. The van der Waals surface area contributed by atoms with Crippen LogP contribution in [-0.4, -0.2) is 21.2 Å². The molecule has 0 unspecified atom stereocenters. The van der Waals surface area contributed by atoms with Gasteiger partial charge in [-0.1, -0.05) is 23.7 Å². The van der Waals surface area contributed by atoms with Crippen molar-refractivity contribution in [2.24, 2.45) is 7.05 Å². The van der Waals surface area contributed by atoms with Gasteiger partial charge in [-0.05, 0) is 44.0 Å². The summed E-state index contributed by atoms with van der Waals surface area (Å²) >= 11 is 6.44. The highest BCUT2D eigenvalue weighted by Gasteiger charge is 2.30. The first kappa shape index (κ1) is 15.1. The minimum atomic E-state index is 0.330. The maximum atomic E-state index is 8.88. The summed E-state index contributed by atoms with van der Waals surface area (Å²) in [5.74, 6) is 0. The Labute approximate surface area is 135 Å². The van der Waals surface area contributed by atoms with Gasteiger partial charge in [0, 0.05) is 25.2 Å². The number of aromatic nitrogens is 2. The monoisotopic (exact) mass is 314 g/mol. The summed E-state index contributed by atoms with van der Waals surface area (Å²) in [6.45, 7) is 3.97. The van der Waals surface area contributed by atoms with Gasteiger partial charge in [-0.3, -0.25) is 9.58 Å². The third-order valence-corrected chi connectivity index (χ3v) is 4.81. The number of likely N-dealkylation sites (tertiary alicyclic amines) is 1. The number of halogens is 1. The van der Waals surface area contributed by atoms with Crippen molar-refractivity contribution in [1.29, 1.82) is 5.26 Å². The van der Waals surface area contributed by atoms with Gasteiger partial charge in [-0.15, -0.1) is 0 Å². The van der Waals surface area contributed by atoms with Crippen molar-refractivity contribution in [1.82, 2.24) is 14.7 Å². The first-order chi connectivity index (χ1) is 10.6. The van der Waals surface area contributed by atoms with Crippen molar-refractivity contribution in [3.63, 3.8) is 0 Å². The maximum absolute atomic E-state index is 8.88. The van der Waals surface area contributed by atoms with Crippen molar-refractivity contribution in [2.45, 2.75) is 32.4 Å². The summed E-state index contributed by atoms with van der Waals surface area (Å²) in [7, 11) is 1.89. The predicted octanol–water partition coefficient (Wildman–Crippen LogP) is 3.59. The summed E-state index contributed by atoms with van der Waals surface area (Å²) in [5.41, 5.74) is 4.11. The van der Waals surface area contributed by atoms with E-state index in [1.54, 1.807) is 4.68 Å². The molecule has 0 radical (unpaired) electrons. The molecule has 0 bridgehead atoms. The molecule has 0 spiro atoms. The molecule has 22 heavy (non-hydrogen) atoms. The van der Waals surface area contributed by atoms with Crippen molar-refractivity contribution < 1.29 is 0 Å². The van der Waals surface area contributed by atoms with Crippen LogP contribution in [0.4, 0.5) is 0 Å². The van der Waals surface area contributed by atoms with Gasteiger partial charge in [0.15, 0.2) is 0 Å². The molecule has 1 aromatic heterocycles. The van der Waals surface area contributed by atoms with Gasteiger partial charge in [-0.25, -0.2) is 0 Å². The van der Waals surface area contributed by atoms with E-state index in [0.29, 0.717) is 11.6 Å². The molecule has 0 saturated carbocycles. The Morgan fingerprint density at radius 2 is 2.09 bits per heavy atom. The lowest BCUT2D eigenvalue weighted by Gasteiger charge is -2.24. The Balaban J connectivity index is 1.82. The van der Waals surface area contributed by atoms with Crippen LogP contribution in [0.15, 0.2) is 24.3 Å². The lowest BCUT2D eigenvalue weighted by atomic mass is 10.0. The Kier molecular flexibility index (Phi) is 4.19. The topological polar surface area (TPSA) is 44.9 Å². The number of nitrogens with zero attached hydrogens (tertiary/aromatic N) is 4. The van der Waals surface area contributed by atoms with E-state index in [1.165, 1.54) is 12.0 Å². The zero-order valence-electron chi connectivity index (χ0n) is 12.9. The second-order valence-electron chi connectivity index (χ2n) is 5.85. The number of rotatable bonds is 3. The number of benzene rings is 1. The summed E-state index contributed by atoms with van der Waals surface area (Å²) < 4.78 is 1.75. The van der Waals surface area contributed by atoms with Crippen LogP contribution in [0.25, 0.3) is 0 Å². The lowest BCUT2D eigenvalue weighted by molar-refractivity contribution is 0.248. The fourth-order valence-electron chi connectivity index (χ4n) is 3.29. The van der Waals surface area contributed by atoms with Crippen LogP contribution in [0.3, 0.4) is 0 Å². The highest BCUT2D eigenvalue weighted by molar-refractivity contribution is 6.30. The summed E-state index contributed by atoms with van der Waals surface area (Å²) in [4.78, 5) is 2.46. The molecule has 1 saturated heterocycles. The normalized spacial score (nSPS) is 18.5. The van der Waals surface area contributed by atoms with E-state index >= 15 is 0 Å². The third kappa shape index (κ3) is 2.75. The van der Waals surface area contributed by atoms with Gasteiger partial charge < -0.3 is 0 Å². The van der Waals surface area contributed by atoms with Crippen LogP contribution in [-0.2, 0) is 13.6 Å². The molecule has 1 aliphatic heterocycles. The van der Waals surface area contributed by atoms with E-state index in [1.807, 2.05) is 38.2 Å². The molecule has 1 aliphatic rings. The molecule has 114 valence electrons. The fraction of sp³-hybridized carbons (Fsp3) is 0.412. The molecular weight excluding hydrogens is 296 g/mol. The largest absolute Gasteiger partial charge is 0.292 e. The van der Waals surface area contributed by atoms with E-state index in [9.17, 15) is 0 Å². The van der Waals surface area contributed by atoms with Gasteiger partial charge in [0.2, 0.25) is 0 Å². The Morgan fingerprint density at radius 3 is 2.68 bits per heavy atom. The van der Waals surface area contributed by atoms with Crippen LogP contribution in [0, 0.1) is 18.3 Å². The molecule has 1 fully saturated rings. The Bertz CT molecular complexity index is 711. The molecule has 0 aliphatic carbocycles. The van der Waals surface area contributed by atoms with Crippen LogP contribution in [0.2, 0.25) is 5.15 Å². The Hall–Kier alpha value is -1.83. The van der Waals surface area contributed by atoms with Gasteiger partial charge in [0.25, 0.3) is 0 Å². The van der Waals surface area contributed by atoms with Gasteiger partial charge in [-0.2, -0.15) is 10.4 Å². The molecule has 0 amide bonds. The molecule has 2 aromatic rings. The van der Waals surface area contributed by atoms with Gasteiger partial charge in [0.05, 0.1) is 17.3 Å². The summed E-state index contributed by atoms with van der Waals surface area (Å²) in [6, 6.07) is 10.3. The highest BCUT2D eigenvalue weighted by atomic mass is 35.5. The second kappa shape index (κ2) is 6.12. The van der Waals surface area contributed by atoms with E-state index in [2.05, 4.69) is 16.1 Å². The third-order valence-electron chi connectivity index (χ3n) is 4.36. The number of hydrogen-bond acceptors (Lipinski definition) is 3. The van der Waals surface area contributed by atoms with Crippen molar-refractivity contribution in [3.8, 4) is 6.07 Å². The van der Waals surface area contributed by atoms with Gasteiger partial charge >= 0.3 is 0 Å². The fourth-order valence-corrected chi connectivity index (χ4v) is 3.59. The molecule has 0 N–H and O–H groups in total. The van der Waals surface area contributed by atoms with E-state index in [4.69, 9.17) is 16.9 Å². The molecule has 1 atom stereocenters. The van der Waals surface area contributed by atoms with Crippen LogP contribution >= 0.6 is 11.6 Å². The van der Waals surface area contributed by atoms with E-state index in [0.717, 1.165) is 35.9 Å². The summed E-state index contributed by atoms with van der Waals surface area (Å²) in [6.07, 6.45) is 2.29. The SMILES string of the molecule is Cc1nn(C)c(Cl)c1[C@@H]1CCCN1Cc1ccc(C#N)cc1. The van der Waals surface area contributed by atoms with Crippen molar-refractivity contribution >= 4 is 11.6 Å². The Morgan fingerprint density at radius 1 is 1.36 bits per heavy atom. The molecule has 2 heterocycles. The van der Waals surface area contributed by atoms with E-state index in [-0.39, 0.29) is 0 Å². The number of hydrogen-bond donors (Lipinski definition) is 0. The molecular formula is C17H19ClN4. The van der Waals surface area contributed by atoms with Gasteiger partial charge in [0.1, 0.15) is 5.15 Å². The van der Waals surface area contributed by atoms with E-state index < -0.39 is 0 Å². The minimum absolute atomic E-state index is 0.330. The highest BCUT2D eigenvalue weighted by Crippen LogP contribution is 2.38. The first-order valence-corrected chi connectivity index (χ1v) is 7.90. The average Bonchev–Trinajstić information content (AvgIpc) is 3.05. The lowest BCUT2D eigenvalue weighted by Crippen LogP contribution is -2.23. The molecule has 3 rings (SSSR count). The van der Waals surface area contributed by atoms with Crippen LogP contribution in [0.5, 0.6) is 0 Å². The quantitative estimate of drug-likeness (QED) is 0.869. The zero-order valence-corrected chi connectivity index (χ0v) is 13.6. The molecule has 5 heteroatoms. The maximum Gasteiger partial charge on any atom is 0.131 e. The molecule has 1 aromatic carbocycles. The van der Waals surface area contributed by atoms with Crippen LogP contribution < -0.4 is 0 Å². The van der Waals surface area contributed by atoms with Crippen molar-refractivity contribution in [3.05, 3.63) is 51.8 Å². The second-order valence-corrected chi connectivity index (χ2v) is 6.21. The minimum Gasteiger partial charge on any atom is -0.292 e. The van der Waals surface area contributed by atoms with Crippen LogP contribution in [0.1, 0.15) is 41.3 Å². The summed E-state index contributed by atoms with van der Waals surface area (Å²) in [5, 5.41) is 14.1. The first-order valence-electron chi connectivity index (χ1n) is 7.52. The smallest absolute Gasteiger partial charge is 0.131 e. The molecule has 4 nitrogen and oxygen atoms in total. The number of nitriles is 1. The van der Waals surface area contributed by atoms with Crippen molar-refractivity contribution in [2.75, 3.05) is 6.54 Å². The average molecular weight is 315 g/mol.